The van der Waals surface area contributed by atoms with Gasteiger partial charge in [0.15, 0.2) is 5.82 Å². The zero-order valence-electron chi connectivity index (χ0n) is 16.8. The Bertz CT molecular complexity index is 1240. The van der Waals surface area contributed by atoms with Crippen LogP contribution in [0.3, 0.4) is 0 Å². The zero-order chi connectivity index (χ0) is 21.4. The van der Waals surface area contributed by atoms with Crippen molar-refractivity contribution in [1.29, 1.82) is 0 Å². The van der Waals surface area contributed by atoms with E-state index in [1.54, 1.807) is 18.4 Å². The lowest BCUT2D eigenvalue weighted by molar-refractivity contribution is 0.0987. The van der Waals surface area contributed by atoms with Crippen LogP contribution in [0.1, 0.15) is 41.2 Å². The Morgan fingerprint density at radius 2 is 2.13 bits per heavy atom. The predicted octanol–water partition coefficient (Wildman–Crippen LogP) is 3.33. The second-order valence-electron chi connectivity index (χ2n) is 7.26. The van der Waals surface area contributed by atoms with Gasteiger partial charge in [-0.25, -0.2) is 9.97 Å². The maximum absolute atomic E-state index is 11.4. The molecule has 0 bridgehead atoms. The summed E-state index contributed by atoms with van der Waals surface area (Å²) in [6.07, 6.45) is 1.73. The highest BCUT2D eigenvalue weighted by Crippen LogP contribution is 2.43. The molecule has 1 aromatic carbocycles. The van der Waals surface area contributed by atoms with Crippen molar-refractivity contribution in [3.05, 3.63) is 53.3 Å². The number of anilines is 1. The summed E-state index contributed by atoms with van der Waals surface area (Å²) in [6.45, 7) is 1.08. The number of nitrogens with two attached hydrogens (primary N) is 1. The van der Waals surface area contributed by atoms with Crippen molar-refractivity contribution in [3.63, 3.8) is 0 Å². The van der Waals surface area contributed by atoms with E-state index >= 15 is 0 Å². The number of rotatable bonds is 6. The number of hydrogen-bond acceptors (Lipinski definition) is 9. The van der Waals surface area contributed by atoms with Crippen LogP contribution in [0.4, 0.5) is 5.82 Å². The van der Waals surface area contributed by atoms with E-state index in [9.17, 15) is 4.79 Å². The number of amides is 1. The molecule has 158 valence electrons. The molecule has 1 amide bonds. The van der Waals surface area contributed by atoms with Crippen molar-refractivity contribution < 1.29 is 14.1 Å². The first-order valence-corrected chi connectivity index (χ1v) is 10.8. The number of carbonyl (C=O) groups is 1. The highest BCUT2D eigenvalue weighted by atomic mass is 32.1. The quantitative estimate of drug-likeness (QED) is 0.489. The van der Waals surface area contributed by atoms with Crippen molar-refractivity contribution >= 4 is 33.3 Å². The number of aromatic nitrogens is 4. The minimum absolute atomic E-state index is 0.115. The number of thiophene rings is 1. The highest BCUT2D eigenvalue weighted by Gasteiger charge is 2.34. The van der Waals surface area contributed by atoms with Gasteiger partial charge in [-0.3, -0.25) is 4.79 Å². The average molecular weight is 436 g/mol. The first-order valence-electron chi connectivity index (χ1n) is 9.88. The third-order valence-electron chi connectivity index (χ3n) is 5.29. The topological polar surface area (TPSA) is 120 Å². The fourth-order valence-electron chi connectivity index (χ4n) is 3.95. The first-order chi connectivity index (χ1) is 15.2. The molecule has 9 nitrogen and oxygen atoms in total. The van der Waals surface area contributed by atoms with Gasteiger partial charge in [0.05, 0.1) is 5.39 Å². The van der Waals surface area contributed by atoms with E-state index in [-0.39, 0.29) is 11.9 Å². The SMILES string of the molecule is COCc1nc(N2CCCC2c2nc(C(N)=O)no2)c2c(-c3ccccc3)csc2n1. The Hall–Kier alpha value is -3.37. The van der Waals surface area contributed by atoms with E-state index in [1.165, 1.54) is 0 Å². The van der Waals surface area contributed by atoms with E-state index in [4.69, 9.17) is 25.0 Å². The molecule has 1 aliphatic heterocycles. The van der Waals surface area contributed by atoms with Crippen LogP contribution in [-0.4, -0.2) is 39.7 Å². The largest absolute Gasteiger partial charge is 0.377 e. The Labute approximate surface area is 181 Å². The number of benzene rings is 1. The molecule has 3 aromatic heterocycles. The number of primary amides is 1. The number of carbonyl (C=O) groups excluding carboxylic acids is 1. The van der Waals surface area contributed by atoms with Gasteiger partial charge in [0, 0.05) is 24.6 Å². The fourth-order valence-corrected chi connectivity index (χ4v) is 4.91. The maximum atomic E-state index is 11.4. The minimum Gasteiger partial charge on any atom is -0.377 e. The molecule has 0 spiro atoms. The lowest BCUT2D eigenvalue weighted by Crippen LogP contribution is -2.25. The summed E-state index contributed by atoms with van der Waals surface area (Å²) in [6, 6.07) is 9.98. The molecule has 1 unspecified atom stereocenters. The van der Waals surface area contributed by atoms with Gasteiger partial charge < -0.3 is 19.9 Å². The number of ether oxygens (including phenoxy) is 1. The number of fused-ring (bicyclic) bond motifs is 1. The monoisotopic (exact) mass is 436 g/mol. The average Bonchev–Trinajstić information content (AvgIpc) is 3.52. The van der Waals surface area contributed by atoms with Crippen molar-refractivity contribution in [2.75, 3.05) is 18.6 Å². The Morgan fingerprint density at radius 3 is 2.87 bits per heavy atom. The highest BCUT2D eigenvalue weighted by molar-refractivity contribution is 7.17. The van der Waals surface area contributed by atoms with Gasteiger partial charge in [-0.15, -0.1) is 11.3 Å². The molecule has 10 heteroatoms. The molecule has 31 heavy (non-hydrogen) atoms. The Morgan fingerprint density at radius 1 is 1.29 bits per heavy atom. The van der Waals surface area contributed by atoms with Gasteiger partial charge in [0.2, 0.25) is 5.89 Å². The molecule has 0 saturated carbocycles. The molecule has 0 radical (unpaired) electrons. The third-order valence-corrected chi connectivity index (χ3v) is 6.16. The summed E-state index contributed by atoms with van der Waals surface area (Å²) >= 11 is 1.58. The molecule has 1 fully saturated rings. The van der Waals surface area contributed by atoms with Crippen molar-refractivity contribution in [2.24, 2.45) is 5.73 Å². The van der Waals surface area contributed by atoms with Crippen LogP contribution in [0.25, 0.3) is 21.3 Å². The lowest BCUT2D eigenvalue weighted by Gasteiger charge is -2.24. The summed E-state index contributed by atoms with van der Waals surface area (Å²) in [7, 11) is 1.62. The fraction of sp³-hybridized carbons (Fsp3) is 0.286. The molecule has 4 aromatic rings. The molecule has 5 rings (SSSR count). The molecule has 1 saturated heterocycles. The van der Waals surface area contributed by atoms with Crippen LogP contribution in [-0.2, 0) is 11.3 Å². The van der Waals surface area contributed by atoms with Gasteiger partial charge in [0.25, 0.3) is 11.7 Å². The predicted molar refractivity (Wildman–Crippen MR) is 116 cm³/mol. The van der Waals surface area contributed by atoms with E-state index in [0.29, 0.717) is 18.3 Å². The summed E-state index contributed by atoms with van der Waals surface area (Å²) in [5.41, 5.74) is 7.48. The normalized spacial score (nSPS) is 16.3. The van der Waals surface area contributed by atoms with Crippen LogP contribution < -0.4 is 10.6 Å². The second-order valence-corrected chi connectivity index (χ2v) is 8.12. The summed E-state index contributed by atoms with van der Waals surface area (Å²) < 4.78 is 10.7. The van der Waals surface area contributed by atoms with Gasteiger partial charge in [-0.2, -0.15) is 4.98 Å². The van der Waals surface area contributed by atoms with E-state index in [2.05, 4.69) is 32.6 Å². The number of hydrogen-bond donors (Lipinski definition) is 1. The molecule has 0 aliphatic carbocycles. The van der Waals surface area contributed by atoms with Gasteiger partial charge in [-0.1, -0.05) is 35.5 Å². The zero-order valence-corrected chi connectivity index (χ0v) is 17.6. The Balaban J connectivity index is 1.66. The molecular weight excluding hydrogens is 416 g/mol. The van der Waals surface area contributed by atoms with Crippen LogP contribution >= 0.6 is 11.3 Å². The van der Waals surface area contributed by atoms with E-state index in [1.807, 2.05) is 18.2 Å². The van der Waals surface area contributed by atoms with Gasteiger partial charge in [-0.05, 0) is 18.4 Å². The van der Waals surface area contributed by atoms with Crippen molar-refractivity contribution in [1.82, 2.24) is 20.1 Å². The molecule has 2 N–H and O–H groups in total. The van der Waals surface area contributed by atoms with Gasteiger partial charge >= 0.3 is 0 Å². The molecular formula is C21H20N6O3S. The van der Waals surface area contributed by atoms with Crippen LogP contribution in [0.2, 0.25) is 0 Å². The van der Waals surface area contributed by atoms with Gasteiger partial charge in [0.1, 0.15) is 23.3 Å². The summed E-state index contributed by atoms with van der Waals surface area (Å²) in [5.74, 6) is 0.951. The maximum Gasteiger partial charge on any atom is 0.290 e. The van der Waals surface area contributed by atoms with Crippen molar-refractivity contribution in [3.8, 4) is 11.1 Å². The lowest BCUT2D eigenvalue weighted by atomic mass is 10.1. The van der Waals surface area contributed by atoms with Crippen molar-refractivity contribution in [2.45, 2.75) is 25.5 Å². The smallest absolute Gasteiger partial charge is 0.290 e. The number of nitrogens with zero attached hydrogens (tertiary/aromatic N) is 5. The molecule has 1 aliphatic rings. The molecule has 1 atom stereocenters. The minimum atomic E-state index is -0.712. The van der Waals surface area contributed by atoms with E-state index < -0.39 is 5.91 Å². The summed E-state index contributed by atoms with van der Waals surface area (Å²) in [5, 5.41) is 6.81. The second kappa shape index (κ2) is 8.05. The standard InChI is InChI=1S/C21H20N6O3S/c1-29-10-15-23-19(16-13(11-31-21(16)24-15)12-6-3-2-4-7-12)27-9-5-8-14(27)20-25-18(17(22)28)26-30-20/h2-4,6-7,11,14H,5,8-10H2,1H3,(H2,22,28). The van der Waals surface area contributed by atoms with E-state index in [0.717, 1.165) is 46.5 Å². The summed E-state index contributed by atoms with van der Waals surface area (Å²) in [4.78, 5) is 28.3. The van der Waals surface area contributed by atoms with Crippen LogP contribution in [0, 0.1) is 0 Å². The first kappa shape index (κ1) is 19.6. The number of methoxy groups -OCH3 is 1. The molecule has 4 heterocycles. The van der Waals surface area contributed by atoms with Crippen LogP contribution in [0.15, 0.2) is 40.2 Å². The Kier molecular flexibility index (Phi) is 5.08. The van der Waals surface area contributed by atoms with Crippen LogP contribution in [0.5, 0.6) is 0 Å². The third kappa shape index (κ3) is 3.53.